The second-order valence-electron chi connectivity index (χ2n) is 6.90. The van der Waals surface area contributed by atoms with E-state index in [1.807, 2.05) is 56.3 Å². The van der Waals surface area contributed by atoms with Crippen molar-refractivity contribution in [2.75, 3.05) is 22.8 Å². The molecular weight excluding hydrogens is 384 g/mol. The van der Waals surface area contributed by atoms with E-state index in [1.165, 1.54) is 21.3 Å². The Labute approximate surface area is 172 Å². The fraction of sp³-hybridized carbons (Fsp3) is 0.174. The molecule has 0 aliphatic heterocycles. The Hall–Kier alpha value is -3.12. The Morgan fingerprint density at radius 2 is 1.45 bits per heavy atom. The van der Waals surface area contributed by atoms with Crippen LogP contribution in [0.15, 0.2) is 83.8 Å². The predicted molar refractivity (Wildman–Crippen MR) is 117 cm³/mol. The van der Waals surface area contributed by atoms with E-state index < -0.39 is 10.0 Å². The van der Waals surface area contributed by atoms with Crippen molar-refractivity contribution in [1.82, 2.24) is 0 Å². The van der Waals surface area contributed by atoms with E-state index in [2.05, 4.69) is 0 Å². The van der Waals surface area contributed by atoms with Crippen molar-refractivity contribution in [3.8, 4) is 0 Å². The highest BCUT2D eigenvalue weighted by atomic mass is 32.2. The number of sulfonamides is 1. The van der Waals surface area contributed by atoms with Gasteiger partial charge in [0.15, 0.2) is 0 Å². The number of hydrogen-bond acceptors (Lipinski definition) is 3. The van der Waals surface area contributed by atoms with Crippen molar-refractivity contribution in [2.24, 2.45) is 0 Å². The fourth-order valence-electron chi connectivity index (χ4n) is 3.13. The van der Waals surface area contributed by atoms with Crippen LogP contribution in [0.25, 0.3) is 0 Å². The van der Waals surface area contributed by atoms with Crippen molar-refractivity contribution in [3.05, 3.63) is 90.0 Å². The highest BCUT2D eigenvalue weighted by molar-refractivity contribution is 7.92. The van der Waals surface area contributed by atoms with E-state index in [9.17, 15) is 13.2 Å². The SMILES string of the molecule is Cc1ccc(N(CC(=O)N(C)c2ccccc2)S(=O)(=O)c2ccccc2)c(C)c1. The third kappa shape index (κ3) is 4.49. The zero-order valence-electron chi connectivity index (χ0n) is 16.7. The van der Waals surface area contributed by atoms with Crippen LogP contribution in [-0.2, 0) is 14.8 Å². The number of likely N-dealkylation sites (N-methyl/N-ethyl adjacent to an activating group) is 1. The van der Waals surface area contributed by atoms with Crippen LogP contribution in [0.4, 0.5) is 11.4 Å². The number of para-hydroxylation sites is 1. The summed E-state index contributed by atoms with van der Waals surface area (Å²) in [5, 5.41) is 0. The molecule has 0 bridgehead atoms. The number of carbonyl (C=O) groups is 1. The molecule has 6 heteroatoms. The maximum Gasteiger partial charge on any atom is 0.264 e. The average molecular weight is 409 g/mol. The number of nitrogens with zero attached hydrogens (tertiary/aromatic N) is 2. The third-order valence-electron chi connectivity index (χ3n) is 4.75. The summed E-state index contributed by atoms with van der Waals surface area (Å²) in [4.78, 5) is 14.6. The molecule has 150 valence electrons. The topological polar surface area (TPSA) is 57.7 Å². The molecule has 0 atom stereocenters. The molecule has 0 heterocycles. The lowest BCUT2D eigenvalue weighted by Crippen LogP contribution is -2.42. The molecule has 0 saturated carbocycles. The summed E-state index contributed by atoms with van der Waals surface area (Å²) in [5.74, 6) is -0.323. The van der Waals surface area contributed by atoms with Gasteiger partial charge in [0.05, 0.1) is 10.6 Å². The van der Waals surface area contributed by atoms with E-state index in [0.29, 0.717) is 11.4 Å². The van der Waals surface area contributed by atoms with E-state index in [-0.39, 0.29) is 17.3 Å². The number of carbonyl (C=O) groups excluding carboxylic acids is 1. The third-order valence-corrected chi connectivity index (χ3v) is 6.52. The number of rotatable bonds is 6. The molecule has 3 rings (SSSR count). The molecule has 29 heavy (non-hydrogen) atoms. The van der Waals surface area contributed by atoms with Gasteiger partial charge >= 0.3 is 0 Å². The minimum absolute atomic E-state index is 0.148. The molecule has 0 unspecified atom stereocenters. The largest absolute Gasteiger partial charge is 0.314 e. The summed E-state index contributed by atoms with van der Waals surface area (Å²) >= 11 is 0. The summed E-state index contributed by atoms with van der Waals surface area (Å²) in [6, 6.07) is 22.8. The number of amides is 1. The maximum atomic E-state index is 13.4. The van der Waals surface area contributed by atoms with Crippen LogP contribution >= 0.6 is 0 Å². The zero-order valence-corrected chi connectivity index (χ0v) is 17.6. The lowest BCUT2D eigenvalue weighted by atomic mass is 10.1. The predicted octanol–water partition coefficient (Wildman–Crippen LogP) is 4.16. The standard InChI is InChI=1S/C23H24N2O3S/c1-18-14-15-22(19(2)16-18)25(29(27,28)21-12-8-5-9-13-21)17-23(26)24(3)20-10-6-4-7-11-20/h4-16H,17H2,1-3H3. The molecule has 3 aromatic rings. The molecular formula is C23H24N2O3S. The van der Waals surface area contributed by atoms with Gasteiger partial charge in [0, 0.05) is 12.7 Å². The van der Waals surface area contributed by atoms with Gasteiger partial charge < -0.3 is 4.90 Å². The number of aryl methyl sites for hydroxylation is 2. The monoisotopic (exact) mass is 408 g/mol. The summed E-state index contributed by atoms with van der Waals surface area (Å²) in [7, 11) is -2.27. The van der Waals surface area contributed by atoms with Gasteiger partial charge in [0.1, 0.15) is 6.54 Å². The normalized spacial score (nSPS) is 11.1. The molecule has 0 spiro atoms. The highest BCUT2D eigenvalue weighted by Crippen LogP contribution is 2.28. The molecule has 0 aliphatic rings. The molecule has 5 nitrogen and oxygen atoms in total. The van der Waals surface area contributed by atoms with E-state index in [4.69, 9.17) is 0 Å². The second kappa shape index (κ2) is 8.49. The maximum absolute atomic E-state index is 13.4. The minimum atomic E-state index is -3.91. The summed E-state index contributed by atoms with van der Waals surface area (Å²) in [6.07, 6.45) is 0. The first-order valence-electron chi connectivity index (χ1n) is 9.27. The quantitative estimate of drug-likeness (QED) is 0.615. The Balaban J connectivity index is 2.03. The van der Waals surface area contributed by atoms with Gasteiger partial charge in [-0.2, -0.15) is 0 Å². The van der Waals surface area contributed by atoms with Gasteiger partial charge in [-0.05, 0) is 49.7 Å². The van der Waals surface area contributed by atoms with E-state index in [0.717, 1.165) is 11.1 Å². The van der Waals surface area contributed by atoms with Crippen molar-refractivity contribution < 1.29 is 13.2 Å². The van der Waals surface area contributed by atoms with Crippen LogP contribution in [-0.4, -0.2) is 27.9 Å². The van der Waals surface area contributed by atoms with Crippen molar-refractivity contribution in [1.29, 1.82) is 0 Å². The molecule has 0 aromatic heterocycles. The fourth-order valence-corrected chi connectivity index (χ4v) is 4.63. The van der Waals surface area contributed by atoms with Crippen LogP contribution < -0.4 is 9.21 Å². The van der Waals surface area contributed by atoms with Gasteiger partial charge in [0.2, 0.25) is 5.91 Å². The van der Waals surface area contributed by atoms with Gasteiger partial charge in [-0.1, -0.05) is 54.1 Å². The van der Waals surface area contributed by atoms with Crippen LogP contribution in [0.2, 0.25) is 0 Å². The summed E-state index contributed by atoms with van der Waals surface area (Å²) in [5.41, 5.74) is 3.01. The minimum Gasteiger partial charge on any atom is -0.314 e. The average Bonchev–Trinajstić information content (AvgIpc) is 2.73. The van der Waals surface area contributed by atoms with Crippen molar-refractivity contribution in [2.45, 2.75) is 18.7 Å². The first-order chi connectivity index (χ1) is 13.8. The lowest BCUT2D eigenvalue weighted by molar-refractivity contribution is -0.116. The van der Waals surface area contributed by atoms with Crippen LogP contribution in [0.1, 0.15) is 11.1 Å². The van der Waals surface area contributed by atoms with Gasteiger partial charge in [-0.15, -0.1) is 0 Å². The zero-order chi connectivity index (χ0) is 21.0. The molecule has 1 amide bonds. The van der Waals surface area contributed by atoms with Gasteiger partial charge in [-0.3, -0.25) is 9.10 Å². The van der Waals surface area contributed by atoms with E-state index >= 15 is 0 Å². The summed E-state index contributed by atoms with van der Waals surface area (Å²) < 4.78 is 28.0. The Morgan fingerprint density at radius 3 is 2.03 bits per heavy atom. The Kier molecular flexibility index (Phi) is 6.03. The Morgan fingerprint density at radius 1 is 0.862 bits per heavy atom. The van der Waals surface area contributed by atoms with E-state index in [1.54, 1.807) is 31.3 Å². The molecule has 0 fully saturated rings. The lowest BCUT2D eigenvalue weighted by Gasteiger charge is -2.28. The first kappa shape index (κ1) is 20.6. The molecule has 0 saturated heterocycles. The van der Waals surface area contributed by atoms with Crippen LogP contribution in [0.5, 0.6) is 0 Å². The van der Waals surface area contributed by atoms with Gasteiger partial charge in [-0.25, -0.2) is 8.42 Å². The smallest absolute Gasteiger partial charge is 0.264 e. The molecule has 0 radical (unpaired) electrons. The van der Waals surface area contributed by atoms with Crippen molar-refractivity contribution >= 4 is 27.3 Å². The van der Waals surface area contributed by atoms with Crippen molar-refractivity contribution in [3.63, 3.8) is 0 Å². The molecule has 0 N–H and O–H groups in total. The van der Waals surface area contributed by atoms with Crippen LogP contribution in [0, 0.1) is 13.8 Å². The van der Waals surface area contributed by atoms with Gasteiger partial charge in [0.25, 0.3) is 10.0 Å². The molecule has 3 aromatic carbocycles. The number of hydrogen-bond donors (Lipinski definition) is 0. The Bertz CT molecular complexity index is 1100. The first-order valence-corrected chi connectivity index (χ1v) is 10.7. The highest BCUT2D eigenvalue weighted by Gasteiger charge is 2.29. The van der Waals surface area contributed by atoms with Crippen LogP contribution in [0.3, 0.4) is 0 Å². The summed E-state index contributed by atoms with van der Waals surface area (Å²) in [6.45, 7) is 3.49. The number of benzene rings is 3. The number of anilines is 2. The second-order valence-corrected chi connectivity index (χ2v) is 8.77. The molecule has 0 aliphatic carbocycles.